The lowest BCUT2D eigenvalue weighted by molar-refractivity contribution is -0.384. The summed E-state index contributed by atoms with van der Waals surface area (Å²) < 4.78 is 5.14. The zero-order valence-electron chi connectivity index (χ0n) is 8.29. The first-order valence-electron chi connectivity index (χ1n) is 4.70. The van der Waals surface area contributed by atoms with Crippen LogP contribution in [0.15, 0.2) is 24.3 Å². The maximum absolute atomic E-state index is 11.5. The van der Waals surface area contributed by atoms with Gasteiger partial charge in [0.25, 0.3) is 5.69 Å². The van der Waals surface area contributed by atoms with E-state index in [0.29, 0.717) is 5.56 Å². The number of thioether (sulfide) groups is 1. The van der Waals surface area contributed by atoms with E-state index in [1.165, 1.54) is 24.3 Å². The van der Waals surface area contributed by atoms with Gasteiger partial charge >= 0.3 is 5.97 Å². The lowest BCUT2D eigenvalue weighted by Gasteiger charge is -2.24. The molecule has 0 N–H and O–H groups in total. The van der Waals surface area contributed by atoms with Crippen molar-refractivity contribution in [2.24, 2.45) is 0 Å². The number of rotatable bonds is 3. The summed E-state index contributed by atoms with van der Waals surface area (Å²) in [6, 6.07) is 5.41. The Kier molecular flexibility index (Phi) is 3.09. The fraction of sp³-hybridized carbons (Fsp3) is 0.300. The van der Waals surface area contributed by atoms with E-state index in [1.54, 1.807) is 11.8 Å². The van der Waals surface area contributed by atoms with E-state index in [2.05, 4.69) is 0 Å². The van der Waals surface area contributed by atoms with Gasteiger partial charge in [-0.1, -0.05) is 0 Å². The van der Waals surface area contributed by atoms with Crippen molar-refractivity contribution in [3.8, 4) is 0 Å². The van der Waals surface area contributed by atoms with Crippen LogP contribution in [0.4, 0.5) is 5.69 Å². The average molecular weight is 239 g/mol. The number of nitro groups is 1. The maximum Gasteiger partial charge on any atom is 0.338 e. The number of ether oxygens (including phenoxy) is 1. The first-order valence-corrected chi connectivity index (χ1v) is 5.85. The van der Waals surface area contributed by atoms with Crippen LogP contribution < -0.4 is 0 Å². The van der Waals surface area contributed by atoms with Gasteiger partial charge in [0.1, 0.15) is 6.10 Å². The molecule has 84 valence electrons. The molecule has 5 nitrogen and oxygen atoms in total. The van der Waals surface area contributed by atoms with Crippen LogP contribution in [0, 0.1) is 10.1 Å². The van der Waals surface area contributed by atoms with Crippen LogP contribution in [0.1, 0.15) is 10.4 Å². The van der Waals surface area contributed by atoms with Gasteiger partial charge in [-0.2, -0.15) is 11.8 Å². The number of esters is 1. The van der Waals surface area contributed by atoms with Crippen molar-refractivity contribution in [3.05, 3.63) is 39.9 Å². The minimum atomic E-state index is -0.502. The van der Waals surface area contributed by atoms with Crippen molar-refractivity contribution in [2.45, 2.75) is 6.10 Å². The standard InChI is InChI=1S/C10H9NO4S/c12-10(15-9-5-16-6-9)7-1-3-8(4-2-7)11(13)14/h1-4,9H,5-6H2. The number of carbonyl (C=O) groups is 1. The smallest absolute Gasteiger partial charge is 0.338 e. The molecule has 6 heteroatoms. The van der Waals surface area contributed by atoms with E-state index in [1.807, 2.05) is 0 Å². The Labute approximate surface area is 95.9 Å². The highest BCUT2D eigenvalue weighted by molar-refractivity contribution is 8.00. The molecule has 0 spiro atoms. The SMILES string of the molecule is O=C(OC1CSC1)c1ccc([N+](=O)[O-])cc1. The maximum atomic E-state index is 11.5. The number of nitrogens with zero attached hydrogens (tertiary/aromatic N) is 1. The predicted molar refractivity (Wildman–Crippen MR) is 59.6 cm³/mol. The number of nitro benzene ring substituents is 1. The molecule has 1 aromatic carbocycles. The van der Waals surface area contributed by atoms with Crippen LogP contribution in [0.3, 0.4) is 0 Å². The molecule has 16 heavy (non-hydrogen) atoms. The van der Waals surface area contributed by atoms with Crippen LogP contribution in [0.2, 0.25) is 0 Å². The molecule has 1 heterocycles. The number of non-ortho nitro benzene ring substituents is 1. The van der Waals surface area contributed by atoms with Gasteiger partial charge < -0.3 is 4.74 Å². The Morgan fingerprint density at radius 3 is 2.44 bits per heavy atom. The molecule has 0 atom stereocenters. The zero-order valence-corrected chi connectivity index (χ0v) is 9.11. The molecule has 1 aliphatic rings. The van der Waals surface area contributed by atoms with Crippen LogP contribution in [0.25, 0.3) is 0 Å². The summed E-state index contributed by atoms with van der Waals surface area (Å²) in [5, 5.41) is 10.4. The topological polar surface area (TPSA) is 69.4 Å². The summed E-state index contributed by atoms with van der Waals surface area (Å²) in [5.41, 5.74) is 0.318. The molecule has 0 unspecified atom stereocenters. The van der Waals surface area contributed by atoms with E-state index in [-0.39, 0.29) is 11.8 Å². The first kappa shape index (κ1) is 10.9. The summed E-state index contributed by atoms with van der Waals surface area (Å²) in [5.74, 6) is 1.25. The summed E-state index contributed by atoms with van der Waals surface area (Å²) in [4.78, 5) is 21.4. The minimum absolute atomic E-state index is 0.00677. The number of carbonyl (C=O) groups excluding carboxylic acids is 1. The third-order valence-corrected chi connectivity index (χ3v) is 3.41. The third-order valence-electron chi connectivity index (χ3n) is 2.20. The minimum Gasteiger partial charge on any atom is -0.457 e. The Bertz CT molecular complexity index is 413. The Morgan fingerprint density at radius 1 is 1.38 bits per heavy atom. The van der Waals surface area contributed by atoms with Crippen molar-refractivity contribution < 1.29 is 14.5 Å². The molecule has 0 aromatic heterocycles. The van der Waals surface area contributed by atoms with E-state index in [0.717, 1.165) is 11.5 Å². The van der Waals surface area contributed by atoms with Crippen LogP contribution in [-0.4, -0.2) is 28.5 Å². The predicted octanol–water partition coefficient (Wildman–Crippen LogP) is 1.87. The van der Waals surface area contributed by atoms with Crippen molar-refractivity contribution >= 4 is 23.4 Å². The molecule has 0 saturated carbocycles. The second-order valence-electron chi connectivity index (χ2n) is 3.37. The van der Waals surface area contributed by atoms with Crippen molar-refractivity contribution in [2.75, 3.05) is 11.5 Å². The number of hydrogen-bond acceptors (Lipinski definition) is 5. The lowest BCUT2D eigenvalue weighted by atomic mass is 10.2. The first-order chi connectivity index (χ1) is 7.66. The van der Waals surface area contributed by atoms with Gasteiger partial charge in [0, 0.05) is 23.6 Å². The molecular formula is C10H9NO4S. The molecular weight excluding hydrogens is 230 g/mol. The van der Waals surface area contributed by atoms with Gasteiger partial charge in [0.2, 0.25) is 0 Å². The highest BCUT2D eigenvalue weighted by atomic mass is 32.2. The summed E-state index contributed by atoms with van der Waals surface area (Å²) >= 11 is 1.72. The molecule has 2 rings (SSSR count). The fourth-order valence-corrected chi connectivity index (χ4v) is 1.78. The molecule has 0 radical (unpaired) electrons. The van der Waals surface area contributed by atoms with E-state index >= 15 is 0 Å². The molecule has 0 aliphatic carbocycles. The van der Waals surface area contributed by atoms with Crippen LogP contribution in [0.5, 0.6) is 0 Å². The Balaban J connectivity index is 2.02. The molecule has 1 fully saturated rings. The second kappa shape index (κ2) is 4.52. The monoisotopic (exact) mass is 239 g/mol. The molecule has 1 aliphatic heterocycles. The van der Waals surface area contributed by atoms with Crippen molar-refractivity contribution in [1.82, 2.24) is 0 Å². The van der Waals surface area contributed by atoms with Gasteiger partial charge in [-0.15, -0.1) is 0 Å². The highest BCUT2D eigenvalue weighted by Crippen LogP contribution is 2.22. The quantitative estimate of drug-likeness (QED) is 0.457. The number of hydrogen-bond donors (Lipinski definition) is 0. The Hall–Kier alpha value is -1.56. The van der Waals surface area contributed by atoms with Crippen LogP contribution >= 0.6 is 11.8 Å². The second-order valence-corrected chi connectivity index (χ2v) is 4.44. The van der Waals surface area contributed by atoms with Gasteiger partial charge in [-0.25, -0.2) is 4.79 Å². The van der Waals surface area contributed by atoms with Crippen molar-refractivity contribution in [1.29, 1.82) is 0 Å². The lowest BCUT2D eigenvalue weighted by Crippen LogP contribution is -2.30. The summed E-state index contributed by atoms with van der Waals surface area (Å²) in [6.45, 7) is 0. The van der Waals surface area contributed by atoms with Gasteiger partial charge in [0.15, 0.2) is 0 Å². The largest absolute Gasteiger partial charge is 0.457 e. The van der Waals surface area contributed by atoms with E-state index < -0.39 is 10.9 Å². The van der Waals surface area contributed by atoms with Crippen LogP contribution in [-0.2, 0) is 4.74 Å². The molecule has 0 amide bonds. The van der Waals surface area contributed by atoms with Gasteiger partial charge in [-0.05, 0) is 12.1 Å². The summed E-state index contributed by atoms with van der Waals surface area (Å²) in [7, 11) is 0. The van der Waals surface area contributed by atoms with Gasteiger partial charge in [-0.3, -0.25) is 10.1 Å². The zero-order chi connectivity index (χ0) is 11.5. The normalized spacial score (nSPS) is 15.2. The Morgan fingerprint density at radius 2 is 2.00 bits per heavy atom. The average Bonchev–Trinajstić information content (AvgIpc) is 2.23. The number of benzene rings is 1. The molecule has 1 aromatic rings. The van der Waals surface area contributed by atoms with Gasteiger partial charge in [0.05, 0.1) is 10.5 Å². The highest BCUT2D eigenvalue weighted by Gasteiger charge is 2.23. The molecule has 0 bridgehead atoms. The van der Waals surface area contributed by atoms with Crippen molar-refractivity contribution in [3.63, 3.8) is 0 Å². The third kappa shape index (κ3) is 2.33. The molecule has 1 saturated heterocycles. The fourth-order valence-electron chi connectivity index (χ4n) is 1.22. The van der Waals surface area contributed by atoms with E-state index in [9.17, 15) is 14.9 Å². The van der Waals surface area contributed by atoms with E-state index in [4.69, 9.17) is 4.74 Å². The summed E-state index contributed by atoms with van der Waals surface area (Å²) in [6.07, 6.45) is -0.00677.